The van der Waals surface area contributed by atoms with E-state index in [1.165, 1.54) is 16.4 Å². The maximum atomic E-state index is 13.3. The highest BCUT2D eigenvalue weighted by Gasteiger charge is 2.31. The normalized spacial score (nSPS) is 15.6. The highest BCUT2D eigenvalue weighted by Crippen LogP contribution is 2.29. The van der Waals surface area contributed by atoms with Gasteiger partial charge in [-0.2, -0.15) is 9.41 Å². The van der Waals surface area contributed by atoms with Crippen molar-refractivity contribution in [1.82, 2.24) is 9.21 Å². The van der Waals surface area contributed by atoms with E-state index in [2.05, 4.69) is 10.5 Å². The van der Waals surface area contributed by atoms with E-state index in [0.29, 0.717) is 19.6 Å². The summed E-state index contributed by atoms with van der Waals surface area (Å²) >= 11 is 0. The summed E-state index contributed by atoms with van der Waals surface area (Å²) in [5.74, 6) is 0. The Bertz CT molecular complexity index is 1100. The van der Waals surface area contributed by atoms with Crippen molar-refractivity contribution in [2.24, 2.45) is 5.10 Å². The number of nitro groups is 1. The summed E-state index contributed by atoms with van der Waals surface area (Å²) in [7, 11) is -0.123. The molecular weight excluding hydrogens is 448 g/mol. The number of nitro benzene ring substituents is 1. The lowest BCUT2D eigenvalue weighted by atomic mass is 10.2. The Kier molecular flexibility index (Phi) is 7.97. The smallest absolute Gasteiger partial charge is 0.270 e. The van der Waals surface area contributed by atoms with E-state index >= 15 is 0 Å². The minimum absolute atomic E-state index is 0.00156. The molecule has 0 bridgehead atoms. The molecule has 0 spiro atoms. The van der Waals surface area contributed by atoms with Crippen molar-refractivity contribution in [3.63, 3.8) is 0 Å². The van der Waals surface area contributed by atoms with Crippen molar-refractivity contribution in [1.29, 1.82) is 0 Å². The fourth-order valence-corrected chi connectivity index (χ4v) is 5.02. The zero-order valence-electron chi connectivity index (χ0n) is 18.6. The number of nitrogens with one attached hydrogen (secondary N) is 1. The number of hydrogen-bond acceptors (Lipinski definition) is 9. The largest absolute Gasteiger partial charge is 0.395 e. The molecule has 2 aromatic rings. The van der Waals surface area contributed by atoms with Crippen LogP contribution in [0.15, 0.2) is 52.5 Å². The highest BCUT2D eigenvalue weighted by atomic mass is 32.2. The second-order valence-electron chi connectivity index (χ2n) is 7.76. The molecule has 1 aliphatic heterocycles. The van der Waals surface area contributed by atoms with Gasteiger partial charge in [-0.25, -0.2) is 8.42 Å². The lowest BCUT2D eigenvalue weighted by Gasteiger charge is -2.33. The maximum absolute atomic E-state index is 13.3. The SMILES string of the molecule is CN(C)c1ccc(/C=N\Nc2ccc([N+](=O)[O-])cc2S(=O)(=O)N2CCN(CCO)CC2)cc1. The standard InChI is InChI=1S/C21H28N6O5S/c1-24(2)18-5-3-17(4-6-18)16-22-23-20-8-7-19(27(29)30)15-21(20)33(31,32)26-11-9-25(10-12-26)13-14-28/h3-8,15-16,23,28H,9-14H2,1-2H3/b22-16-. The van der Waals surface area contributed by atoms with Gasteiger partial charge in [0.05, 0.1) is 23.4 Å². The topological polar surface area (TPSA) is 132 Å². The predicted octanol–water partition coefficient (Wildman–Crippen LogP) is 1.41. The lowest BCUT2D eigenvalue weighted by Crippen LogP contribution is -2.49. The van der Waals surface area contributed by atoms with Gasteiger partial charge >= 0.3 is 0 Å². The van der Waals surface area contributed by atoms with E-state index in [4.69, 9.17) is 5.11 Å². The van der Waals surface area contributed by atoms with E-state index in [0.717, 1.165) is 17.3 Å². The molecule has 2 N–H and O–H groups in total. The van der Waals surface area contributed by atoms with E-state index < -0.39 is 14.9 Å². The number of rotatable bonds is 9. The molecule has 0 unspecified atom stereocenters. The third kappa shape index (κ3) is 6.05. The molecule has 3 rings (SSSR count). The average molecular weight is 477 g/mol. The summed E-state index contributed by atoms with van der Waals surface area (Å²) in [5.41, 5.74) is 4.40. The zero-order chi connectivity index (χ0) is 24.0. The molecule has 0 aromatic heterocycles. The molecule has 0 aliphatic carbocycles. The van der Waals surface area contributed by atoms with Gasteiger partial charge in [-0.3, -0.25) is 20.4 Å². The molecule has 33 heavy (non-hydrogen) atoms. The molecule has 1 heterocycles. The average Bonchev–Trinajstić information content (AvgIpc) is 2.80. The van der Waals surface area contributed by atoms with Crippen molar-refractivity contribution in [3.8, 4) is 0 Å². The molecular formula is C21H28N6O5S. The summed E-state index contributed by atoms with van der Waals surface area (Å²) in [5, 5.41) is 24.5. The number of β-amino-alcohol motifs (C(OH)–C–C–N with tert-alkyl or cyclic N) is 1. The number of non-ortho nitro benzene ring substituents is 1. The summed E-state index contributed by atoms with van der Waals surface area (Å²) < 4.78 is 27.9. The summed E-state index contributed by atoms with van der Waals surface area (Å²) in [4.78, 5) is 14.4. The molecule has 0 saturated carbocycles. The van der Waals surface area contributed by atoms with Gasteiger partial charge in [-0.1, -0.05) is 12.1 Å². The van der Waals surface area contributed by atoms with E-state index in [1.807, 2.05) is 48.2 Å². The van der Waals surface area contributed by atoms with Crippen LogP contribution < -0.4 is 10.3 Å². The van der Waals surface area contributed by atoms with Crippen molar-refractivity contribution in [3.05, 3.63) is 58.1 Å². The van der Waals surface area contributed by atoms with E-state index in [-0.39, 0.29) is 36.0 Å². The van der Waals surface area contributed by atoms with Crippen molar-refractivity contribution in [2.45, 2.75) is 4.90 Å². The van der Waals surface area contributed by atoms with Crippen LogP contribution in [0.25, 0.3) is 0 Å². The number of nitrogens with zero attached hydrogens (tertiary/aromatic N) is 5. The van der Waals surface area contributed by atoms with E-state index in [1.54, 1.807) is 6.21 Å². The summed E-state index contributed by atoms with van der Waals surface area (Å²) in [6, 6.07) is 11.2. The van der Waals surface area contributed by atoms with Gasteiger partial charge < -0.3 is 10.0 Å². The molecule has 12 heteroatoms. The lowest BCUT2D eigenvalue weighted by molar-refractivity contribution is -0.385. The van der Waals surface area contributed by atoms with Gasteiger partial charge in [-0.05, 0) is 23.8 Å². The fourth-order valence-electron chi connectivity index (χ4n) is 3.44. The van der Waals surface area contributed by atoms with E-state index in [9.17, 15) is 18.5 Å². The Morgan fingerprint density at radius 1 is 1.15 bits per heavy atom. The molecule has 2 aromatic carbocycles. The molecule has 0 atom stereocenters. The van der Waals surface area contributed by atoms with Crippen LogP contribution in [-0.2, 0) is 10.0 Å². The Balaban J connectivity index is 1.83. The zero-order valence-corrected chi connectivity index (χ0v) is 19.4. The minimum Gasteiger partial charge on any atom is -0.395 e. The van der Waals surface area contributed by atoms with Gasteiger partial charge in [0.15, 0.2) is 0 Å². The first-order chi connectivity index (χ1) is 15.7. The van der Waals surface area contributed by atoms with Crippen LogP contribution in [0.3, 0.4) is 0 Å². The van der Waals surface area contributed by atoms with Crippen LogP contribution in [0.1, 0.15) is 5.56 Å². The molecule has 1 fully saturated rings. The number of hydrogen-bond donors (Lipinski definition) is 2. The molecule has 0 amide bonds. The molecule has 1 saturated heterocycles. The molecule has 178 valence electrons. The first-order valence-electron chi connectivity index (χ1n) is 10.4. The second kappa shape index (κ2) is 10.7. The van der Waals surface area contributed by atoms with Crippen LogP contribution >= 0.6 is 0 Å². The Labute approximate surface area is 193 Å². The number of aliphatic hydroxyl groups excluding tert-OH is 1. The number of benzene rings is 2. The third-order valence-electron chi connectivity index (χ3n) is 5.35. The minimum atomic E-state index is -4.00. The van der Waals surface area contributed by atoms with Gasteiger partial charge in [0, 0.05) is 64.6 Å². The number of hydrazone groups is 1. The number of aliphatic hydroxyl groups is 1. The Morgan fingerprint density at radius 3 is 2.39 bits per heavy atom. The maximum Gasteiger partial charge on any atom is 0.270 e. The quantitative estimate of drug-likeness (QED) is 0.315. The summed E-state index contributed by atoms with van der Waals surface area (Å²) in [6.45, 7) is 1.87. The molecule has 11 nitrogen and oxygen atoms in total. The van der Waals surface area contributed by atoms with Crippen molar-refractivity contribution >= 4 is 33.3 Å². The fraction of sp³-hybridized carbons (Fsp3) is 0.381. The van der Waals surface area contributed by atoms with Gasteiger partial charge in [-0.15, -0.1) is 0 Å². The van der Waals surface area contributed by atoms with Crippen LogP contribution in [-0.4, -0.2) is 87.3 Å². The van der Waals surface area contributed by atoms with Crippen molar-refractivity contribution in [2.75, 3.05) is 63.8 Å². The Morgan fingerprint density at radius 2 is 1.82 bits per heavy atom. The summed E-state index contributed by atoms with van der Waals surface area (Å²) in [6.07, 6.45) is 1.55. The highest BCUT2D eigenvalue weighted by molar-refractivity contribution is 7.89. The molecule has 1 aliphatic rings. The predicted molar refractivity (Wildman–Crippen MR) is 127 cm³/mol. The van der Waals surface area contributed by atoms with Crippen LogP contribution in [0.5, 0.6) is 0 Å². The van der Waals surface area contributed by atoms with Gasteiger partial charge in [0.2, 0.25) is 10.0 Å². The van der Waals surface area contributed by atoms with Crippen LogP contribution in [0.2, 0.25) is 0 Å². The van der Waals surface area contributed by atoms with Gasteiger partial charge in [0.25, 0.3) is 5.69 Å². The van der Waals surface area contributed by atoms with Crippen LogP contribution in [0, 0.1) is 10.1 Å². The van der Waals surface area contributed by atoms with Gasteiger partial charge in [0.1, 0.15) is 4.90 Å². The first kappa shape index (κ1) is 24.6. The monoisotopic (exact) mass is 476 g/mol. The number of piperazine rings is 1. The third-order valence-corrected chi connectivity index (χ3v) is 7.29. The number of anilines is 2. The van der Waals surface area contributed by atoms with Crippen molar-refractivity contribution < 1.29 is 18.4 Å². The first-order valence-corrected chi connectivity index (χ1v) is 11.8. The Hall–Kier alpha value is -3.06. The second-order valence-corrected chi connectivity index (χ2v) is 9.67. The number of sulfonamides is 1. The van der Waals surface area contributed by atoms with Crippen LogP contribution in [0.4, 0.5) is 17.1 Å². The molecule has 0 radical (unpaired) electrons.